The molecule has 0 radical (unpaired) electrons. The molecule has 0 fully saturated rings. The highest BCUT2D eigenvalue weighted by molar-refractivity contribution is 9.10. The summed E-state index contributed by atoms with van der Waals surface area (Å²) in [6.07, 6.45) is 2.75. The van der Waals surface area contributed by atoms with E-state index in [4.69, 9.17) is 5.73 Å². The summed E-state index contributed by atoms with van der Waals surface area (Å²) in [5.41, 5.74) is 5.61. The first-order valence-corrected chi connectivity index (χ1v) is 5.61. The van der Waals surface area contributed by atoms with Gasteiger partial charge in [-0.2, -0.15) is 0 Å². The van der Waals surface area contributed by atoms with Crippen LogP contribution in [0.1, 0.15) is 5.56 Å². The number of anilines is 1. The van der Waals surface area contributed by atoms with Crippen LogP contribution in [0.15, 0.2) is 40.0 Å². The Kier molecular flexibility index (Phi) is 3.23. The summed E-state index contributed by atoms with van der Waals surface area (Å²) in [6, 6.07) is 4.70. The molecule has 0 saturated carbocycles. The van der Waals surface area contributed by atoms with Crippen LogP contribution in [0.25, 0.3) is 0 Å². The summed E-state index contributed by atoms with van der Waals surface area (Å²) in [5, 5.41) is 0. The van der Waals surface area contributed by atoms with Crippen LogP contribution in [0.5, 0.6) is 0 Å². The number of aromatic nitrogens is 2. The normalized spacial score (nSPS) is 10.5. The summed E-state index contributed by atoms with van der Waals surface area (Å²) in [4.78, 5) is 15.5. The van der Waals surface area contributed by atoms with Gasteiger partial charge in [0, 0.05) is 11.8 Å². The molecule has 0 amide bonds. The molecule has 1 aromatic heterocycles. The molecule has 88 valence electrons. The Morgan fingerprint density at radius 2 is 2.24 bits per heavy atom. The fraction of sp³-hybridized carbons (Fsp3) is 0.0909. The summed E-state index contributed by atoms with van der Waals surface area (Å²) >= 11 is 3.08. The number of hydrogen-bond donors (Lipinski definition) is 1. The Morgan fingerprint density at radius 1 is 1.47 bits per heavy atom. The predicted molar refractivity (Wildman–Crippen MR) is 66.1 cm³/mol. The number of benzene rings is 1. The van der Waals surface area contributed by atoms with E-state index in [2.05, 4.69) is 20.9 Å². The minimum absolute atomic E-state index is 0.0681. The maximum absolute atomic E-state index is 13.6. The molecule has 4 nitrogen and oxygen atoms in total. The van der Waals surface area contributed by atoms with Crippen molar-refractivity contribution in [3.8, 4) is 0 Å². The van der Waals surface area contributed by atoms with E-state index >= 15 is 0 Å². The lowest BCUT2D eigenvalue weighted by molar-refractivity contribution is 0.598. The van der Waals surface area contributed by atoms with E-state index in [1.165, 1.54) is 23.2 Å². The first kappa shape index (κ1) is 11.8. The maximum atomic E-state index is 13.6. The van der Waals surface area contributed by atoms with Crippen molar-refractivity contribution in [2.45, 2.75) is 6.54 Å². The summed E-state index contributed by atoms with van der Waals surface area (Å²) in [7, 11) is 0. The second-order valence-corrected chi connectivity index (χ2v) is 4.35. The van der Waals surface area contributed by atoms with Gasteiger partial charge < -0.3 is 5.73 Å². The average Bonchev–Trinajstić information content (AvgIpc) is 2.31. The molecule has 0 unspecified atom stereocenters. The Balaban J connectivity index is 2.42. The molecule has 1 heterocycles. The lowest BCUT2D eigenvalue weighted by Crippen LogP contribution is -2.21. The summed E-state index contributed by atoms with van der Waals surface area (Å²) in [6.45, 7) is 0.0994. The topological polar surface area (TPSA) is 60.9 Å². The summed E-state index contributed by atoms with van der Waals surface area (Å²) in [5.74, 6) is -0.501. The zero-order chi connectivity index (χ0) is 12.4. The molecule has 6 heteroatoms. The molecule has 0 saturated heterocycles. The molecule has 2 N–H and O–H groups in total. The van der Waals surface area contributed by atoms with Crippen LogP contribution in [0.2, 0.25) is 0 Å². The van der Waals surface area contributed by atoms with Crippen LogP contribution in [0.4, 0.5) is 10.1 Å². The van der Waals surface area contributed by atoms with Gasteiger partial charge in [-0.15, -0.1) is 0 Å². The molecular formula is C11H9BrFN3O. The highest BCUT2D eigenvalue weighted by Gasteiger charge is 2.08. The Bertz CT molecular complexity index is 612. The third-order valence-electron chi connectivity index (χ3n) is 2.31. The molecule has 0 aliphatic heterocycles. The van der Waals surface area contributed by atoms with Crippen LogP contribution in [-0.4, -0.2) is 9.55 Å². The van der Waals surface area contributed by atoms with Gasteiger partial charge in [-0.25, -0.2) is 9.37 Å². The van der Waals surface area contributed by atoms with Crippen molar-refractivity contribution in [2.75, 3.05) is 5.73 Å². The highest BCUT2D eigenvalue weighted by Crippen LogP contribution is 2.15. The van der Waals surface area contributed by atoms with Gasteiger partial charge in [0.15, 0.2) is 5.82 Å². The van der Waals surface area contributed by atoms with Crippen molar-refractivity contribution in [1.82, 2.24) is 9.55 Å². The Hall–Kier alpha value is -1.69. The number of hydrogen-bond acceptors (Lipinski definition) is 3. The van der Waals surface area contributed by atoms with Crippen LogP contribution in [0, 0.1) is 5.82 Å². The van der Waals surface area contributed by atoms with Gasteiger partial charge in [0.1, 0.15) is 4.47 Å². The van der Waals surface area contributed by atoms with Crippen molar-refractivity contribution in [2.24, 2.45) is 0 Å². The third-order valence-corrected chi connectivity index (χ3v) is 2.85. The Morgan fingerprint density at radius 3 is 3.00 bits per heavy atom. The van der Waals surface area contributed by atoms with E-state index in [1.807, 2.05) is 0 Å². The smallest absolute Gasteiger partial charge is 0.267 e. The minimum atomic E-state index is -0.501. The van der Waals surface area contributed by atoms with E-state index < -0.39 is 5.82 Å². The van der Waals surface area contributed by atoms with E-state index in [1.54, 1.807) is 12.1 Å². The lowest BCUT2D eigenvalue weighted by atomic mass is 10.2. The van der Waals surface area contributed by atoms with Gasteiger partial charge in [0.25, 0.3) is 5.56 Å². The second-order valence-electron chi connectivity index (χ2n) is 3.49. The van der Waals surface area contributed by atoms with Crippen LogP contribution >= 0.6 is 15.9 Å². The van der Waals surface area contributed by atoms with Crippen molar-refractivity contribution in [3.05, 3.63) is 56.9 Å². The quantitative estimate of drug-likeness (QED) is 0.860. The summed E-state index contributed by atoms with van der Waals surface area (Å²) < 4.78 is 15.3. The molecule has 2 rings (SSSR count). The molecule has 1 aromatic carbocycles. The number of nitrogens with zero attached hydrogens (tertiary/aromatic N) is 2. The van der Waals surface area contributed by atoms with Crippen LogP contribution in [-0.2, 0) is 6.54 Å². The average molecular weight is 298 g/mol. The van der Waals surface area contributed by atoms with E-state index in [-0.39, 0.29) is 17.8 Å². The van der Waals surface area contributed by atoms with E-state index in [0.717, 1.165) is 0 Å². The van der Waals surface area contributed by atoms with Crippen molar-refractivity contribution >= 4 is 21.6 Å². The monoisotopic (exact) mass is 297 g/mol. The highest BCUT2D eigenvalue weighted by atomic mass is 79.9. The van der Waals surface area contributed by atoms with Crippen molar-refractivity contribution < 1.29 is 4.39 Å². The number of rotatable bonds is 2. The molecule has 0 bridgehead atoms. The zero-order valence-corrected chi connectivity index (χ0v) is 10.3. The molecule has 17 heavy (non-hydrogen) atoms. The predicted octanol–water partition coefficient (Wildman–Crippen LogP) is 1.78. The number of halogens is 2. The zero-order valence-electron chi connectivity index (χ0n) is 8.73. The number of nitrogen functional groups attached to an aromatic ring is 1. The SMILES string of the molecule is Nc1cccc(Cn2cncc(Br)c2=O)c1F. The lowest BCUT2D eigenvalue weighted by Gasteiger charge is -2.07. The van der Waals surface area contributed by atoms with Gasteiger partial charge in [-0.3, -0.25) is 9.36 Å². The fourth-order valence-electron chi connectivity index (χ4n) is 1.44. The maximum Gasteiger partial charge on any atom is 0.267 e. The first-order chi connectivity index (χ1) is 8.09. The largest absolute Gasteiger partial charge is 0.396 e. The van der Waals surface area contributed by atoms with E-state index in [9.17, 15) is 9.18 Å². The van der Waals surface area contributed by atoms with Crippen molar-refractivity contribution in [1.29, 1.82) is 0 Å². The molecule has 0 aliphatic rings. The van der Waals surface area contributed by atoms with Crippen LogP contribution < -0.4 is 11.3 Å². The fourth-order valence-corrected chi connectivity index (χ4v) is 1.79. The molecule has 0 aliphatic carbocycles. The molecular weight excluding hydrogens is 289 g/mol. The molecule has 2 aromatic rings. The van der Waals surface area contributed by atoms with Crippen molar-refractivity contribution in [3.63, 3.8) is 0 Å². The van der Waals surface area contributed by atoms with E-state index in [0.29, 0.717) is 10.0 Å². The third kappa shape index (κ3) is 2.36. The second kappa shape index (κ2) is 4.67. The van der Waals surface area contributed by atoms with Gasteiger partial charge in [0.05, 0.1) is 18.6 Å². The van der Waals surface area contributed by atoms with Gasteiger partial charge in [0.2, 0.25) is 0 Å². The first-order valence-electron chi connectivity index (χ1n) is 4.82. The molecule has 0 atom stereocenters. The Labute approximate surface area is 105 Å². The van der Waals surface area contributed by atoms with Crippen LogP contribution in [0.3, 0.4) is 0 Å². The van der Waals surface area contributed by atoms with Gasteiger partial charge in [-0.1, -0.05) is 12.1 Å². The van der Waals surface area contributed by atoms with Gasteiger partial charge >= 0.3 is 0 Å². The minimum Gasteiger partial charge on any atom is -0.396 e. The molecule has 0 spiro atoms. The standard InChI is InChI=1S/C11H9BrFN3O/c12-8-4-15-6-16(11(8)17)5-7-2-1-3-9(14)10(7)13/h1-4,6H,5,14H2. The number of nitrogens with two attached hydrogens (primary N) is 1. The van der Waals surface area contributed by atoms with Gasteiger partial charge in [-0.05, 0) is 22.0 Å².